The van der Waals surface area contributed by atoms with Crippen molar-refractivity contribution in [1.29, 1.82) is 0 Å². The van der Waals surface area contributed by atoms with Crippen LogP contribution in [-0.4, -0.2) is 22.5 Å². The van der Waals surface area contributed by atoms with E-state index in [1.165, 1.54) is 29.0 Å². The average Bonchev–Trinajstić information content (AvgIpc) is 3.54. The van der Waals surface area contributed by atoms with Gasteiger partial charge in [-0.1, -0.05) is 0 Å². The molecule has 10 heteroatoms. The van der Waals surface area contributed by atoms with E-state index in [4.69, 9.17) is 19.3 Å². The Hall–Kier alpha value is -3.63. The number of hydrogen-bond acceptors (Lipinski definition) is 9. The molecule has 0 aliphatic heterocycles. The number of nitrogens with one attached hydrogen (secondary N) is 1. The molecule has 0 aliphatic carbocycles. The summed E-state index contributed by atoms with van der Waals surface area (Å²) in [6.07, 6.45) is 4.55. The Kier molecular flexibility index (Phi) is 6.01. The standard InChI is InChI=1S/C11H11NO3S.C10H6N2O2S/c1-2-14-11(13)9-7(6-16-10(9)12)8-4-3-5-15-8;13-9-8-6(7-2-1-3-14-7)4-15-10(8)12-5-11-9/h3-6H,2,12H2,1H3;1-5H,(H,11,12,13). The minimum absolute atomic E-state index is 0.132. The van der Waals surface area contributed by atoms with Gasteiger partial charge in [-0.3, -0.25) is 4.79 Å². The number of nitrogens with zero attached hydrogens (tertiary/aromatic N) is 1. The van der Waals surface area contributed by atoms with Gasteiger partial charge in [0.15, 0.2) is 0 Å². The number of H-pyrrole nitrogens is 1. The molecule has 0 saturated carbocycles. The minimum Gasteiger partial charge on any atom is -0.464 e. The number of esters is 1. The van der Waals surface area contributed by atoms with Crippen LogP contribution in [0.3, 0.4) is 0 Å². The second-order valence-corrected chi connectivity index (χ2v) is 7.89. The van der Waals surface area contributed by atoms with Crippen LogP contribution in [0.2, 0.25) is 0 Å². The van der Waals surface area contributed by atoms with Crippen molar-refractivity contribution in [3.63, 3.8) is 0 Å². The molecule has 8 nitrogen and oxygen atoms in total. The number of ether oxygens (including phenoxy) is 1. The van der Waals surface area contributed by atoms with Crippen LogP contribution in [0.1, 0.15) is 17.3 Å². The quantitative estimate of drug-likeness (QED) is 0.365. The summed E-state index contributed by atoms with van der Waals surface area (Å²) < 4.78 is 15.5. The number of thiophene rings is 2. The maximum absolute atomic E-state index is 11.7. The smallest absolute Gasteiger partial charge is 0.341 e. The van der Waals surface area contributed by atoms with E-state index in [1.807, 2.05) is 11.4 Å². The molecule has 0 spiro atoms. The van der Waals surface area contributed by atoms with Crippen LogP contribution < -0.4 is 11.3 Å². The van der Waals surface area contributed by atoms with Gasteiger partial charge < -0.3 is 24.3 Å². The number of nitrogens with two attached hydrogens (primary N) is 1. The SMILES string of the molecule is CCOC(=O)c1c(-c2ccco2)csc1N.O=c1[nH]cnc2scc(-c3ccco3)c12. The zero-order chi connectivity index (χ0) is 21.8. The topological polar surface area (TPSA) is 124 Å². The summed E-state index contributed by atoms with van der Waals surface area (Å²) in [6.45, 7) is 2.08. The van der Waals surface area contributed by atoms with E-state index in [0.29, 0.717) is 39.6 Å². The molecule has 3 N–H and O–H groups in total. The molecule has 0 fully saturated rings. The third kappa shape index (κ3) is 4.16. The highest BCUT2D eigenvalue weighted by Crippen LogP contribution is 2.34. The van der Waals surface area contributed by atoms with E-state index in [2.05, 4.69) is 9.97 Å². The van der Waals surface area contributed by atoms with Gasteiger partial charge in [0.25, 0.3) is 5.56 Å². The number of hydrogen-bond donors (Lipinski definition) is 2. The molecule has 5 aromatic heterocycles. The Bertz CT molecular complexity index is 1350. The van der Waals surface area contributed by atoms with E-state index < -0.39 is 5.97 Å². The number of aromatic nitrogens is 2. The summed E-state index contributed by atoms with van der Waals surface area (Å²) in [7, 11) is 0. The fourth-order valence-electron chi connectivity index (χ4n) is 2.90. The van der Waals surface area contributed by atoms with Gasteiger partial charge in [-0.2, -0.15) is 0 Å². The summed E-state index contributed by atoms with van der Waals surface area (Å²) >= 11 is 2.74. The lowest BCUT2D eigenvalue weighted by Gasteiger charge is -2.02. The molecule has 0 aliphatic rings. The normalized spacial score (nSPS) is 10.6. The maximum atomic E-state index is 11.7. The number of fused-ring (bicyclic) bond motifs is 1. The van der Waals surface area contributed by atoms with Gasteiger partial charge in [-0.05, 0) is 31.2 Å². The monoisotopic (exact) mass is 455 g/mol. The molecular weight excluding hydrogens is 438 g/mol. The number of rotatable bonds is 4. The van der Waals surface area contributed by atoms with E-state index in [0.717, 1.165) is 10.4 Å². The summed E-state index contributed by atoms with van der Waals surface area (Å²) in [4.78, 5) is 30.7. The molecule has 158 valence electrons. The predicted octanol–water partition coefficient (Wildman–Crippen LogP) is 5.01. The van der Waals surface area contributed by atoms with E-state index in [9.17, 15) is 9.59 Å². The molecule has 31 heavy (non-hydrogen) atoms. The predicted molar refractivity (Wildman–Crippen MR) is 120 cm³/mol. The zero-order valence-corrected chi connectivity index (χ0v) is 17.9. The van der Waals surface area contributed by atoms with Crippen molar-refractivity contribution >= 4 is 43.9 Å². The minimum atomic E-state index is -0.410. The zero-order valence-electron chi connectivity index (χ0n) is 16.3. The van der Waals surface area contributed by atoms with E-state index in [1.54, 1.807) is 43.0 Å². The Morgan fingerprint density at radius 1 is 1.13 bits per heavy atom. The molecule has 5 rings (SSSR count). The first kappa shape index (κ1) is 20.6. The van der Waals surface area contributed by atoms with Crippen LogP contribution in [-0.2, 0) is 4.74 Å². The van der Waals surface area contributed by atoms with Crippen molar-refractivity contribution in [2.24, 2.45) is 0 Å². The lowest BCUT2D eigenvalue weighted by molar-refractivity contribution is 0.0529. The van der Waals surface area contributed by atoms with Gasteiger partial charge in [0.05, 0.1) is 30.8 Å². The Labute approximate surface area is 183 Å². The maximum Gasteiger partial charge on any atom is 0.341 e. The summed E-state index contributed by atoms with van der Waals surface area (Å²) in [6, 6.07) is 7.17. The first-order chi connectivity index (χ1) is 15.1. The van der Waals surface area contributed by atoms with Crippen LogP contribution in [0.25, 0.3) is 32.9 Å². The molecule has 0 unspecified atom stereocenters. The Balaban J connectivity index is 0.000000149. The third-order valence-electron chi connectivity index (χ3n) is 4.25. The van der Waals surface area contributed by atoms with Crippen LogP contribution in [0.5, 0.6) is 0 Å². The highest BCUT2D eigenvalue weighted by molar-refractivity contribution is 7.17. The molecule has 0 amide bonds. The van der Waals surface area contributed by atoms with Crippen LogP contribution >= 0.6 is 22.7 Å². The first-order valence-electron chi connectivity index (χ1n) is 9.16. The molecule has 0 radical (unpaired) electrons. The van der Waals surface area contributed by atoms with Crippen LogP contribution in [0, 0.1) is 0 Å². The molecule has 5 aromatic rings. The van der Waals surface area contributed by atoms with Crippen molar-refractivity contribution in [3.05, 3.63) is 69.8 Å². The largest absolute Gasteiger partial charge is 0.464 e. The average molecular weight is 456 g/mol. The molecule has 0 saturated heterocycles. The number of furan rings is 2. The highest BCUT2D eigenvalue weighted by Gasteiger charge is 2.21. The van der Waals surface area contributed by atoms with E-state index >= 15 is 0 Å². The lowest BCUT2D eigenvalue weighted by atomic mass is 10.1. The second-order valence-electron chi connectivity index (χ2n) is 6.12. The summed E-state index contributed by atoms with van der Waals surface area (Å²) in [5.74, 6) is 0.906. The van der Waals surface area contributed by atoms with Gasteiger partial charge in [-0.15, -0.1) is 22.7 Å². The van der Waals surface area contributed by atoms with Gasteiger partial charge in [0, 0.05) is 21.9 Å². The molecule has 0 aromatic carbocycles. The number of nitrogen functional groups attached to an aromatic ring is 1. The van der Waals surface area contributed by atoms with Gasteiger partial charge in [0.1, 0.15) is 26.9 Å². The third-order valence-corrected chi connectivity index (χ3v) is 5.95. The molecule has 0 atom stereocenters. The van der Waals surface area contributed by atoms with Crippen molar-refractivity contribution in [3.8, 4) is 22.6 Å². The van der Waals surface area contributed by atoms with Gasteiger partial charge in [0.2, 0.25) is 0 Å². The number of anilines is 1. The van der Waals surface area contributed by atoms with Gasteiger partial charge >= 0.3 is 5.97 Å². The fourth-order valence-corrected chi connectivity index (χ4v) is 4.58. The van der Waals surface area contributed by atoms with E-state index in [-0.39, 0.29) is 5.56 Å². The van der Waals surface area contributed by atoms with Crippen LogP contribution in [0.15, 0.2) is 67.5 Å². The fraction of sp³-hybridized carbons (Fsp3) is 0.0952. The van der Waals surface area contributed by atoms with Crippen molar-refractivity contribution in [2.45, 2.75) is 6.92 Å². The number of carbonyl (C=O) groups is 1. The molecule has 0 bridgehead atoms. The van der Waals surface area contributed by atoms with Crippen molar-refractivity contribution in [2.75, 3.05) is 12.3 Å². The first-order valence-corrected chi connectivity index (χ1v) is 10.9. The highest BCUT2D eigenvalue weighted by atomic mass is 32.1. The van der Waals surface area contributed by atoms with Crippen LogP contribution in [0.4, 0.5) is 5.00 Å². The number of aromatic amines is 1. The van der Waals surface area contributed by atoms with Crippen molar-refractivity contribution in [1.82, 2.24) is 9.97 Å². The molecular formula is C21H17N3O5S2. The molecule has 5 heterocycles. The summed E-state index contributed by atoms with van der Waals surface area (Å²) in [5.41, 5.74) is 7.50. The number of carbonyl (C=O) groups excluding carboxylic acids is 1. The van der Waals surface area contributed by atoms with Gasteiger partial charge in [-0.25, -0.2) is 9.78 Å². The summed E-state index contributed by atoms with van der Waals surface area (Å²) in [5, 5.41) is 4.72. The second kappa shape index (κ2) is 9.02. The van der Waals surface area contributed by atoms with Crippen molar-refractivity contribution < 1.29 is 18.4 Å². The Morgan fingerprint density at radius 2 is 1.81 bits per heavy atom. The lowest BCUT2D eigenvalue weighted by Crippen LogP contribution is -2.06. The Morgan fingerprint density at radius 3 is 2.45 bits per heavy atom.